The van der Waals surface area contributed by atoms with Crippen molar-refractivity contribution in [2.24, 2.45) is 0 Å². The van der Waals surface area contributed by atoms with E-state index in [9.17, 15) is 4.79 Å². The summed E-state index contributed by atoms with van der Waals surface area (Å²) < 4.78 is 22.0. The van der Waals surface area contributed by atoms with E-state index in [1.54, 1.807) is 32.6 Å². The zero-order valence-corrected chi connectivity index (χ0v) is 20.1. The number of hydrogen-bond acceptors (Lipinski definition) is 7. The maximum Gasteiger partial charge on any atom is 0.273 e. The maximum atomic E-state index is 12.5. The largest absolute Gasteiger partial charge is 0.497 e. The average molecular weight is 476 g/mol. The number of rotatable bonds is 11. The summed E-state index contributed by atoms with van der Waals surface area (Å²) in [4.78, 5) is 19.2. The van der Waals surface area contributed by atoms with Crippen LogP contribution in [-0.4, -0.2) is 30.0 Å². The first-order valence-corrected chi connectivity index (χ1v) is 11.3. The highest BCUT2D eigenvalue weighted by atomic mass is 16.5. The minimum atomic E-state index is -0.325. The maximum absolute atomic E-state index is 12.5. The number of oxazole rings is 1. The van der Waals surface area contributed by atoms with Crippen LogP contribution >= 0.6 is 0 Å². The second-order valence-corrected chi connectivity index (χ2v) is 8.06. The van der Waals surface area contributed by atoms with Gasteiger partial charge >= 0.3 is 0 Å². The lowest BCUT2D eigenvalue weighted by Crippen LogP contribution is -2.27. The van der Waals surface area contributed by atoms with Crippen LogP contribution in [-0.2, 0) is 19.6 Å². The molecule has 0 saturated heterocycles. The van der Waals surface area contributed by atoms with Gasteiger partial charge in [0.05, 0.1) is 33.6 Å². The van der Waals surface area contributed by atoms with Gasteiger partial charge in [-0.15, -0.1) is 0 Å². The smallest absolute Gasteiger partial charge is 0.273 e. The third-order valence-corrected chi connectivity index (χ3v) is 5.82. The predicted octanol–water partition coefficient (Wildman–Crippen LogP) is 4.98. The fraction of sp³-hybridized carbons (Fsp3) is 0.259. The second-order valence-electron chi connectivity index (χ2n) is 8.06. The van der Waals surface area contributed by atoms with E-state index in [1.807, 2.05) is 36.4 Å². The Hall–Kier alpha value is -4.04. The summed E-state index contributed by atoms with van der Waals surface area (Å²) >= 11 is 0. The molecule has 1 N–H and O–H groups in total. The van der Waals surface area contributed by atoms with Crippen LogP contribution in [0.2, 0.25) is 0 Å². The molecule has 1 atom stereocenters. The molecule has 0 bridgehead atoms. The van der Waals surface area contributed by atoms with Crippen molar-refractivity contribution in [1.29, 1.82) is 0 Å². The van der Waals surface area contributed by atoms with Gasteiger partial charge in [0.2, 0.25) is 5.89 Å². The monoisotopic (exact) mass is 475 g/mol. The molecule has 2 aromatic carbocycles. The number of ether oxygens (including phenoxy) is 2. The molecule has 35 heavy (non-hydrogen) atoms. The predicted molar refractivity (Wildman–Crippen MR) is 130 cm³/mol. The lowest BCUT2D eigenvalue weighted by Gasteiger charge is -2.29. The number of nitrogens with one attached hydrogen (secondary N) is 1. The van der Waals surface area contributed by atoms with E-state index in [0.717, 1.165) is 22.6 Å². The molecular formula is C27H29N3O5. The molecule has 0 aliphatic heterocycles. The Morgan fingerprint density at radius 3 is 2.57 bits per heavy atom. The molecule has 0 aliphatic rings. The lowest BCUT2D eigenvalue weighted by atomic mass is 10.1. The Labute approximate surface area is 204 Å². The molecule has 0 saturated carbocycles. The standard InChI is InChI=1S/C27H29N3O5/c1-19(20-8-5-4-6-9-20)30(16-21-14-22(32-2)11-12-25(21)33-3)17-26-29-24(18-35-26)27(31)28-15-23-10-7-13-34-23/h4-14,18-19H,15-17H2,1-3H3,(H,28,31). The van der Waals surface area contributed by atoms with Gasteiger partial charge < -0.3 is 23.6 Å². The van der Waals surface area contributed by atoms with Crippen molar-refractivity contribution in [3.8, 4) is 11.5 Å². The quantitative estimate of drug-likeness (QED) is 0.327. The fourth-order valence-corrected chi connectivity index (χ4v) is 3.83. The molecule has 2 heterocycles. The average Bonchev–Trinajstić information content (AvgIpc) is 3.59. The van der Waals surface area contributed by atoms with Crippen molar-refractivity contribution in [2.75, 3.05) is 14.2 Å². The van der Waals surface area contributed by atoms with E-state index >= 15 is 0 Å². The Morgan fingerprint density at radius 2 is 1.86 bits per heavy atom. The summed E-state index contributed by atoms with van der Waals surface area (Å²) in [5.41, 5.74) is 2.34. The van der Waals surface area contributed by atoms with Crippen molar-refractivity contribution >= 4 is 5.91 Å². The molecule has 182 valence electrons. The van der Waals surface area contributed by atoms with Crippen LogP contribution in [0, 0.1) is 0 Å². The second kappa shape index (κ2) is 11.4. The van der Waals surface area contributed by atoms with E-state index in [2.05, 4.69) is 34.3 Å². The summed E-state index contributed by atoms with van der Waals surface area (Å²) in [7, 11) is 3.29. The van der Waals surface area contributed by atoms with E-state index in [0.29, 0.717) is 24.7 Å². The Kier molecular flexibility index (Phi) is 7.84. The summed E-state index contributed by atoms with van der Waals surface area (Å²) in [5.74, 6) is 2.30. The molecule has 0 aliphatic carbocycles. The molecule has 4 aromatic rings. The Morgan fingerprint density at radius 1 is 1.03 bits per heavy atom. The van der Waals surface area contributed by atoms with Crippen molar-refractivity contribution < 1.29 is 23.1 Å². The summed E-state index contributed by atoms with van der Waals surface area (Å²) in [5, 5.41) is 2.78. The molecule has 2 aromatic heterocycles. The van der Waals surface area contributed by atoms with Gasteiger partial charge in [0.15, 0.2) is 5.69 Å². The van der Waals surface area contributed by atoms with E-state index in [-0.39, 0.29) is 24.2 Å². The highest BCUT2D eigenvalue weighted by Crippen LogP contribution is 2.30. The first kappa shape index (κ1) is 24.1. The fourth-order valence-electron chi connectivity index (χ4n) is 3.83. The van der Waals surface area contributed by atoms with Gasteiger partial charge in [-0.2, -0.15) is 0 Å². The number of carbonyl (C=O) groups is 1. The first-order valence-electron chi connectivity index (χ1n) is 11.3. The number of nitrogens with zero attached hydrogens (tertiary/aromatic N) is 2. The lowest BCUT2D eigenvalue weighted by molar-refractivity contribution is 0.0943. The van der Waals surface area contributed by atoms with E-state index in [1.165, 1.54) is 6.26 Å². The third-order valence-electron chi connectivity index (χ3n) is 5.82. The van der Waals surface area contributed by atoms with Crippen LogP contribution in [0.25, 0.3) is 0 Å². The summed E-state index contributed by atoms with van der Waals surface area (Å²) in [6, 6.07) is 19.5. The molecule has 1 amide bonds. The number of benzene rings is 2. The molecule has 8 nitrogen and oxygen atoms in total. The topological polar surface area (TPSA) is 90.0 Å². The molecule has 4 rings (SSSR count). The highest BCUT2D eigenvalue weighted by Gasteiger charge is 2.22. The number of aromatic nitrogens is 1. The van der Waals surface area contributed by atoms with Crippen LogP contribution in [0.1, 0.15) is 46.2 Å². The zero-order valence-electron chi connectivity index (χ0n) is 20.1. The Bertz CT molecular complexity index is 1220. The van der Waals surface area contributed by atoms with Crippen molar-refractivity contribution in [3.05, 3.63) is 102 Å². The summed E-state index contributed by atoms with van der Waals surface area (Å²) in [6.45, 7) is 3.35. The number of hydrogen-bond donors (Lipinski definition) is 1. The van der Waals surface area contributed by atoms with E-state index in [4.69, 9.17) is 18.3 Å². The van der Waals surface area contributed by atoms with E-state index < -0.39 is 0 Å². The number of carbonyl (C=O) groups excluding carboxylic acids is 1. The molecule has 0 fully saturated rings. The number of furan rings is 1. The number of methoxy groups -OCH3 is 2. The minimum absolute atomic E-state index is 0.0373. The zero-order chi connectivity index (χ0) is 24.6. The molecule has 8 heteroatoms. The van der Waals surface area contributed by atoms with Gasteiger partial charge in [-0.25, -0.2) is 4.98 Å². The van der Waals surface area contributed by atoms with Crippen LogP contribution in [0.4, 0.5) is 0 Å². The molecular weight excluding hydrogens is 446 g/mol. The number of amides is 1. The normalized spacial score (nSPS) is 11.9. The van der Waals surface area contributed by atoms with Gasteiger partial charge in [0.1, 0.15) is 23.5 Å². The third kappa shape index (κ3) is 6.10. The summed E-state index contributed by atoms with van der Waals surface area (Å²) in [6.07, 6.45) is 2.94. The van der Waals surface area contributed by atoms with Crippen molar-refractivity contribution in [2.45, 2.75) is 32.6 Å². The van der Waals surface area contributed by atoms with Crippen LogP contribution < -0.4 is 14.8 Å². The van der Waals surface area contributed by atoms with Crippen LogP contribution in [0.15, 0.2) is 82.0 Å². The molecule has 0 radical (unpaired) electrons. The van der Waals surface area contributed by atoms with Crippen LogP contribution in [0.5, 0.6) is 11.5 Å². The first-order chi connectivity index (χ1) is 17.1. The highest BCUT2D eigenvalue weighted by molar-refractivity contribution is 5.91. The van der Waals surface area contributed by atoms with Gasteiger partial charge in [0.25, 0.3) is 5.91 Å². The van der Waals surface area contributed by atoms with Gasteiger partial charge in [-0.3, -0.25) is 9.69 Å². The minimum Gasteiger partial charge on any atom is -0.497 e. The SMILES string of the molecule is COc1ccc(OC)c(CN(Cc2nc(C(=O)NCc3ccco3)co2)C(C)c2ccccc2)c1. The molecule has 0 spiro atoms. The Balaban J connectivity index is 1.54. The van der Waals surface area contributed by atoms with Gasteiger partial charge in [-0.1, -0.05) is 30.3 Å². The van der Waals surface area contributed by atoms with Crippen molar-refractivity contribution in [3.63, 3.8) is 0 Å². The van der Waals surface area contributed by atoms with Gasteiger partial charge in [-0.05, 0) is 42.8 Å². The van der Waals surface area contributed by atoms with Crippen LogP contribution in [0.3, 0.4) is 0 Å². The molecule has 1 unspecified atom stereocenters. The van der Waals surface area contributed by atoms with Crippen molar-refractivity contribution in [1.82, 2.24) is 15.2 Å². The van der Waals surface area contributed by atoms with Gasteiger partial charge in [0, 0.05) is 18.2 Å².